The molecule has 0 N–H and O–H groups in total. The summed E-state index contributed by atoms with van der Waals surface area (Å²) in [7, 11) is 0. The third-order valence-corrected chi connectivity index (χ3v) is 6.35. The molecule has 0 aliphatic heterocycles. The molecule has 1 amide bonds. The highest BCUT2D eigenvalue weighted by atomic mass is 35.5. The highest BCUT2D eigenvalue weighted by Crippen LogP contribution is 2.34. The molecule has 0 heterocycles. The Kier molecular flexibility index (Phi) is 6.98. The average Bonchev–Trinajstić information content (AvgIpc) is 2.66. The Balaban J connectivity index is 1.96. The van der Waals surface area contributed by atoms with Crippen LogP contribution in [0.1, 0.15) is 62.6 Å². The number of hydrogen-bond acceptors (Lipinski definition) is 2. The Morgan fingerprint density at radius 2 is 1.86 bits per heavy atom. The quantitative estimate of drug-likeness (QED) is 0.567. The first kappa shape index (κ1) is 21.4. The fourth-order valence-corrected chi connectivity index (χ4v) is 4.39. The number of carbonyl (C=O) groups is 1. The second-order valence-corrected chi connectivity index (χ2v) is 8.82. The van der Waals surface area contributed by atoms with Gasteiger partial charge in [0, 0.05) is 28.9 Å². The summed E-state index contributed by atoms with van der Waals surface area (Å²) in [5.74, 6) is 0.536. The molecule has 0 spiro atoms. The van der Waals surface area contributed by atoms with Crippen LogP contribution in [0, 0.1) is 17.2 Å². The van der Waals surface area contributed by atoms with E-state index in [4.69, 9.17) is 11.6 Å². The van der Waals surface area contributed by atoms with Gasteiger partial charge in [0.25, 0.3) is 0 Å². The fourth-order valence-electron chi connectivity index (χ4n) is 4.27. The van der Waals surface area contributed by atoms with Crippen molar-refractivity contribution in [2.45, 2.75) is 64.5 Å². The first-order chi connectivity index (χ1) is 13.9. The maximum absolute atomic E-state index is 13.2. The molecule has 1 saturated carbocycles. The Morgan fingerprint density at radius 3 is 2.41 bits per heavy atom. The Morgan fingerprint density at radius 1 is 1.17 bits per heavy atom. The van der Waals surface area contributed by atoms with Crippen LogP contribution in [0.4, 0.5) is 0 Å². The second kappa shape index (κ2) is 9.46. The lowest BCUT2D eigenvalue weighted by atomic mass is 9.81. The van der Waals surface area contributed by atoms with Gasteiger partial charge >= 0.3 is 0 Å². The SMILES string of the molecule is CC(C)N(C(=O)C1CCC1)C(C)[C@@H](Cc1ccc(Cl)cc1)c1cccc(C#N)c1. The van der Waals surface area contributed by atoms with E-state index >= 15 is 0 Å². The van der Waals surface area contributed by atoms with Gasteiger partial charge in [-0.05, 0) is 75.4 Å². The standard InChI is InChI=1S/C25H29ClN2O/c1-17(2)28(25(29)21-7-5-8-21)18(3)24(15-19-10-12-23(26)13-11-19)22-9-4-6-20(14-22)16-27/h4,6,9-14,17-18,21,24H,5,7-8,15H2,1-3H3/t18?,24-/m1/s1. The molecule has 29 heavy (non-hydrogen) atoms. The van der Waals surface area contributed by atoms with Crippen LogP contribution in [-0.4, -0.2) is 22.9 Å². The lowest BCUT2D eigenvalue weighted by molar-refractivity contribution is -0.142. The van der Waals surface area contributed by atoms with Gasteiger partial charge in [-0.25, -0.2) is 0 Å². The van der Waals surface area contributed by atoms with Crippen molar-refractivity contribution in [1.82, 2.24) is 4.90 Å². The molecule has 2 atom stereocenters. The maximum atomic E-state index is 13.2. The molecule has 4 heteroatoms. The van der Waals surface area contributed by atoms with Crippen molar-refractivity contribution >= 4 is 17.5 Å². The van der Waals surface area contributed by atoms with Gasteiger partial charge in [0.15, 0.2) is 0 Å². The summed E-state index contributed by atoms with van der Waals surface area (Å²) in [6.07, 6.45) is 3.94. The van der Waals surface area contributed by atoms with Gasteiger partial charge in [-0.2, -0.15) is 5.26 Å². The molecule has 3 nitrogen and oxygen atoms in total. The number of carbonyl (C=O) groups excluding carboxylic acids is 1. The van der Waals surface area contributed by atoms with E-state index in [-0.39, 0.29) is 29.8 Å². The highest BCUT2D eigenvalue weighted by molar-refractivity contribution is 6.30. The number of benzene rings is 2. The van der Waals surface area contributed by atoms with Crippen LogP contribution >= 0.6 is 11.6 Å². The molecule has 1 aliphatic carbocycles. The maximum Gasteiger partial charge on any atom is 0.226 e. The molecule has 3 rings (SSSR count). The summed E-state index contributed by atoms with van der Waals surface area (Å²) in [6.45, 7) is 6.34. The molecule has 0 bridgehead atoms. The third-order valence-electron chi connectivity index (χ3n) is 6.10. The van der Waals surface area contributed by atoms with Crippen molar-refractivity contribution in [2.75, 3.05) is 0 Å². The number of amides is 1. The van der Waals surface area contributed by atoms with E-state index in [0.29, 0.717) is 10.6 Å². The van der Waals surface area contributed by atoms with E-state index in [1.807, 2.05) is 42.5 Å². The molecule has 2 aromatic carbocycles. The predicted molar refractivity (Wildman–Crippen MR) is 118 cm³/mol. The van der Waals surface area contributed by atoms with Crippen molar-refractivity contribution in [3.8, 4) is 6.07 Å². The summed E-state index contributed by atoms with van der Waals surface area (Å²) in [4.78, 5) is 15.3. The molecule has 1 fully saturated rings. The number of hydrogen-bond donors (Lipinski definition) is 0. The number of halogens is 1. The van der Waals surface area contributed by atoms with Crippen LogP contribution in [0.15, 0.2) is 48.5 Å². The first-order valence-electron chi connectivity index (χ1n) is 10.5. The van der Waals surface area contributed by atoms with Gasteiger partial charge in [-0.1, -0.05) is 42.3 Å². The lowest BCUT2D eigenvalue weighted by Gasteiger charge is -2.41. The third kappa shape index (κ3) is 5.00. The molecule has 0 radical (unpaired) electrons. The summed E-state index contributed by atoms with van der Waals surface area (Å²) < 4.78 is 0. The topological polar surface area (TPSA) is 44.1 Å². The largest absolute Gasteiger partial charge is 0.337 e. The van der Waals surface area contributed by atoms with E-state index in [1.54, 1.807) is 0 Å². The van der Waals surface area contributed by atoms with Gasteiger partial charge in [0.05, 0.1) is 11.6 Å². The van der Waals surface area contributed by atoms with E-state index in [9.17, 15) is 10.1 Å². The fraction of sp³-hybridized carbons (Fsp3) is 0.440. The molecule has 1 aliphatic rings. The molecule has 1 unspecified atom stereocenters. The number of rotatable bonds is 7. The van der Waals surface area contributed by atoms with Crippen molar-refractivity contribution in [3.05, 3.63) is 70.2 Å². The second-order valence-electron chi connectivity index (χ2n) is 8.38. The van der Waals surface area contributed by atoms with Crippen LogP contribution in [0.25, 0.3) is 0 Å². The van der Waals surface area contributed by atoms with Crippen LogP contribution in [0.5, 0.6) is 0 Å². The lowest BCUT2D eigenvalue weighted by Crippen LogP contribution is -2.50. The summed E-state index contributed by atoms with van der Waals surface area (Å²) in [6, 6.07) is 18.1. The molecular weight excluding hydrogens is 380 g/mol. The Hall–Kier alpha value is -2.31. The first-order valence-corrected chi connectivity index (χ1v) is 10.8. The van der Waals surface area contributed by atoms with Crippen molar-refractivity contribution in [3.63, 3.8) is 0 Å². The Bertz CT molecular complexity index is 880. The molecule has 152 valence electrons. The Labute approximate surface area is 179 Å². The summed E-state index contributed by atoms with van der Waals surface area (Å²) >= 11 is 6.07. The van der Waals surface area contributed by atoms with E-state index in [1.165, 1.54) is 5.56 Å². The normalized spacial score (nSPS) is 16.0. The van der Waals surface area contributed by atoms with Gasteiger partial charge in [0.2, 0.25) is 5.91 Å². The molecule has 0 saturated heterocycles. The smallest absolute Gasteiger partial charge is 0.226 e. The van der Waals surface area contributed by atoms with Gasteiger partial charge in [-0.3, -0.25) is 4.79 Å². The van der Waals surface area contributed by atoms with Gasteiger partial charge in [0.1, 0.15) is 0 Å². The highest BCUT2D eigenvalue weighted by Gasteiger charge is 2.36. The minimum atomic E-state index is 0.0210. The van der Waals surface area contributed by atoms with Crippen LogP contribution in [0.2, 0.25) is 5.02 Å². The van der Waals surface area contributed by atoms with E-state index in [2.05, 4.69) is 37.8 Å². The van der Waals surface area contributed by atoms with E-state index in [0.717, 1.165) is 31.2 Å². The van der Waals surface area contributed by atoms with Crippen molar-refractivity contribution in [1.29, 1.82) is 5.26 Å². The van der Waals surface area contributed by atoms with Crippen LogP contribution in [-0.2, 0) is 11.2 Å². The van der Waals surface area contributed by atoms with Crippen LogP contribution < -0.4 is 0 Å². The van der Waals surface area contributed by atoms with E-state index < -0.39 is 0 Å². The zero-order chi connectivity index (χ0) is 21.0. The minimum absolute atomic E-state index is 0.0210. The molecule has 0 aromatic heterocycles. The zero-order valence-electron chi connectivity index (χ0n) is 17.4. The monoisotopic (exact) mass is 408 g/mol. The van der Waals surface area contributed by atoms with Crippen LogP contribution in [0.3, 0.4) is 0 Å². The predicted octanol–water partition coefficient (Wildman–Crippen LogP) is 5.96. The molecule has 2 aromatic rings. The molecular formula is C25H29ClN2O. The number of nitriles is 1. The number of nitrogens with zero attached hydrogens (tertiary/aromatic N) is 2. The minimum Gasteiger partial charge on any atom is -0.337 e. The average molecular weight is 409 g/mol. The summed E-state index contributed by atoms with van der Waals surface area (Å²) in [5.41, 5.74) is 2.92. The van der Waals surface area contributed by atoms with Gasteiger partial charge < -0.3 is 4.90 Å². The van der Waals surface area contributed by atoms with Gasteiger partial charge in [-0.15, -0.1) is 0 Å². The summed E-state index contributed by atoms with van der Waals surface area (Å²) in [5, 5.41) is 10.1. The van der Waals surface area contributed by atoms with Crippen molar-refractivity contribution < 1.29 is 4.79 Å². The zero-order valence-corrected chi connectivity index (χ0v) is 18.2. The van der Waals surface area contributed by atoms with Crippen molar-refractivity contribution in [2.24, 2.45) is 5.92 Å².